The van der Waals surface area contributed by atoms with Gasteiger partial charge in [0, 0.05) is 24.5 Å². The third kappa shape index (κ3) is 2.38. The predicted molar refractivity (Wildman–Crippen MR) is 58.8 cm³/mol. The van der Waals surface area contributed by atoms with E-state index in [4.69, 9.17) is 23.2 Å². The van der Waals surface area contributed by atoms with Gasteiger partial charge in [0.15, 0.2) is 0 Å². The fraction of sp³-hybridized carbons (Fsp3) is 0.556. The lowest BCUT2D eigenvalue weighted by Gasteiger charge is -2.26. The van der Waals surface area contributed by atoms with Gasteiger partial charge in [-0.05, 0) is 23.4 Å². The van der Waals surface area contributed by atoms with Crippen LogP contribution in [-0.4, -0.2) is 22.8 Å². The summed E-state index contributed by atoms with van der Waals surface area (Å²) in [4.78, 5) is 3.57. The van der Waals surface area contributed by atoms with Crippen molar-refractivity contribution in [1.82, 2.24) is 4.90 Å². The molecule has 2 heterocycles. The van der Waals surface area contributed by atoms with Crippen LogP contribution in [0.4, 0.5) is 0 Å². The fourth-order valence-corrected chi connectivity index (χ4v) is 2.94. The van der Waals surface area contributed by atoms with Crippen LogP contribution in [-0.2, 0) is 13.0 Å². The predicted octanol–water partition coefficient (Wildman–Crippen LogP) is 2.91. The van der Waals surface area contributed by atoms with Crippen LogP contribution in [0.1, 0.15) is 10.4 Å². The van der Waals surface area contributed by atoms with E-state index in [1.165, 1.54) is 10.4 Å². The van der Waals surface area contributed by atoms with E-state index in [9.17, 15) is 0 Å². The molecule has 1 aromatic rings. The molecule has 0 N–H and O–H groups in total. The van der Waals surface area contributed by atoms with Crippen molar-refractivity contribution in [3.05, 3.63) is 21.9 Å². The Morgan fingerprint density at radius 1 is 1.54 bits per heavy atom. The van der Waals surface area contributed by atoms with E-state index in [1.807, 2.05) is 11.3 Å². The highest BCUT2D eigenvalue weighted by atomic mass is 35.5. The molecule has 0 fully saturated rings. The molecule has 0 saturated carbocycles. The van der Waals surface area contributed by atoms with Crippen LogP contribution >= 0.6 is 34.5 Å². The van der Waals surface area contributed by atoms with E-state index >= 15 is 0 Å². The maximum Gasteiger partial charge on any atom is 0.120 e. The summed E-state index contributed by atoms with van der Waals surface area (Å²) < 4.78 is 0. The van der Waals surface area contributed by atoms with Crippen LogP contribution in [0.2, 0.25) is 0 Å². The van der Waals surface area contributed by atoms with Crippen molar-refractivity contribution in [2.24, 2.45) is 0 Å². The summed E-state index contributed by atoms with van der Waals surface area (Å²) in [6.07, 6.45) is 1.15. The van der Waals surface area contributed by atoms with Crippen LogP contribution in [0.15, 0.2) is 11.4 Å². The second-order valence-electron chi connectivity index (χ2n) is 3.25. The molecule has 72 valence electrons. The highest BCUT2D eigenvalue weighted by Crippen LogP contribution is 2.24. The van der Waals surface area contributed by atoms with E-state index in [1.54, 1.807) is 0 Å². The number of hydrogen-bond donors (Lipinski definition) is 0. The van der Waals surface area contributed by atoms with Gasteiger partial charge in [0.2, 0.25) is 0 Å². The van der Waals surface area contributed by atoms with Crippen LogP contribution in [0.25, 0.3) is 0 Å². The number of rotatable bonds is 2. The zero-order valence-corrected chi connectivity index (χ0v) is 9.50. The third-order valence-corrected chi connectivity index (χ3v) is 3.58. The number of nitrogens with zero attached hydrogens (tertiary/aromatic N) is 1. The Bertz CT molecular complexity index is 285. The van der Waals surface area contributed by atoms with Crippen LogP contribution in [0.3, 0.4) is 0 Å². The number of halogens is 2. The van der Waals surface area contributed by atoms with E-state index in [0.29, 0.717) is 0 Å². The second-order valence-corrected chi connectivity index (χ2v) is 5.52. The van der Waals surface area contributed by atoms with Crippen LogP contribution in [0, 0.1) is 0 Å². The van der Waals surface area contributed by atoms with Gasteiger partial charge in [-0.2, -0.15) is 0 Å². The molecule has 0 aromatic carbocycles. The molecule has 0 aliphatic carbocycles. The Morgan fingerprint density at radius 2 is 2.38 bits per heavy atom. The first-order valence-corrected chi connectivity index (χ1v) is 6.06. The molecule has 0 atom stereocenters. The van der Waals surface area contributed by atoms with Crippen LogP contribution in [0.5, 0.6) is 0 Å². The minimum Gasteiger partial charge on any atom is -0.296 e. The molecule has 1 nitrogen and oxygen atoms in total. The number of thiophene rings is 1. The Balaban J connectivity index is 2.00. The highest BCUT2D eigenvalue weighted by Gasteiger charge is 2.18. The molecule has 0 saturated heterocycles. The molecule has 0 unspecified atom stereocenters. The molecule has 2 rings (SSSR count). The van der Waals surface area contributed by atoms with E-state index in [-0.39, 0.29) is 4.84 Å². The fourth-order valence-electron chi connectivity index (χ4n) is 1.66. The summed E-state index contributed by atoms with van der Waals surface area (Å²) in [6, 6.07) is 2.20. The second kappa shape index (κ2) is 4.18. The van der Waals surface area contributed by atoms with Gasteiger partial charge in [0.25, 0.3) is 0 Å². The molecule has 1 aromatic heterocycles. The molecule has 1 aliphatic rings. The van der Waals surface area contributed by atoms with Gasteiger partial charge in [-0.3, -0.25) is 4.90 Å². The van der Waals surface area contributed by atoms with Crippen molar-refractivity contribution >= 4 is 34.5 Å². The van der Waals surface area contributed by atoms with E-state index in [0.717, 1.165) is 26.1 Å². The smallest absolute Gasteiger partial charge is 0.120 e. The standard InChI is InChI=1S/C9H11Cl2NS/c10-9(11)6-12-3-1-8-7(5-12)2-4-13-8/h2,4,9H,1,3,5-6H2. The van der Waals surface area contributed by atoms with Crippen molar-refractivity contribution in [2.75, 3.05) is 13.1 Å². The lowest BCUT2D eigenvalue weighted by molar-refractivity contribution is 0.267. The summed E-state index contributed by atoms with van der Waals surface area (Å²) >= 11 is 13.3. The summed E-state index contributed by atoms with van der Waals surface area (Å²) in [7, 11) is 0. The monoisotopic (exact) mass is 235 g/mol. The molecule has 0 radical (unpaired) electrons. The zero-order valence-electron chi connectivity index (χ0n) is 7.17. The first kappa shape index (κ1) is 9.78. The molecule has 1 aliphatic heterocycles. The van der Waals surface area contributed by atoms with Crippen LogP contribution < -0.4 is 0 Å². The Hall–Kier alpha value is 0.240. The lowest BCUT2D eigenvalue weighted by atomic mass is 10.1. The summed E-state index contributed by atoms with van der Waals surface area (Å²) in [6.45, 7) is 2.87. The minimum absolute atomic E-state index is 0.264. The number of alkyl halides is 2. The van der Waals surface area contributed by atoms with Crippen molar-refractivity contribution in [3.8, 4) is 0 Å². The Labute approximate surface area is 92.3 Å². The van der Waals surface area contributed by atoms with Gasteiger partial charge in [0.05, 0.1) is 0 Å². The molecule has 13 heavy (non-hydrogen) atoms. The summed E-state index contributed by atoms with van der Waals surface area (Å²) in [5, 5.41) is 2.16. The number of hydrogen-bond acceptors (Lipinski definition) is 2. The molecule has 0 amide bonds. The molecular formula is C9H11Cl2NS. The van der Waals surface area contributed by atoms with Crippen molar-refractivity contribution in [2.45, 2.75) is 17.8 Å². The molecular weight excluding hydrogens is 225 g/mol. The van der Waals surface area contributed by atoms with Gasteiger partial charge in [-0.25, -0.2) is 0 Å². The van der Waals surface area contributed by atoms with Crippen molar-refractivity contribution in [1.29, 1.82) is 0 Å². The largest absolute Gasteiger partial charge is 0.296 e. The van der Waals surface area contributed by atoms with E-state index < -0.39 is 0 Å². The molecule has 0 spiro atoms. The Morgan fingerprint density at radius 3 is 3.15 bits per heavy atom. The Kier molecular flexibility index (Phi) is 3.14. The first-order valence-electron chi connectivity index (χ1n) is 4.31. The summed E-state index contributed by atoms with van der Waals surface area (Å²) in [5.74, 6) is 0. The topological polar surface area (TPSA) is 3.24 Å². The normalized spacial score (nSPS) is 17.8. The minimum atomic E-state index is -0.264. The molecule has 0 bridgehead atoms. The van der Waals surface area contributed by atoms with Gasteiger partial charge >= 0.3 is 0 Å². The SMILES string of the molecule is ClC(Cl)CN1CCc2sccc2C1. The van der Waals surface area contributed by atoms with Gasteiger partial charge in [0.1, 0.15) is 4.84 Å². The lowest BCUT2D eigenvalue weighted by Crippen LogP contribution is -2.32. The van der Waals surface area contributed by atoms with Gasteiger partial charge < -0.3 is 0 Å². The third-order valence-electron chi connectivity index (χ3n) is 2.28. The summed E-state index contributed by atoms with van der Waals surface area (Å²) in [5.41, 5.74) is 1.45. The van der Waals surface area contributed by atoms with E-state index in [2.05, 4.69) is 16.3 Å². The maximum atomic E-state index is 5.74. The van der Waals surface area contributed by atoms with Crippen molar-refractivity contribution in [3.63, 3.8) is 0 Å². The zero-order chi connectivity index (χ0) is 9.26. The van der Waals surface area contributed by atoms with Crippen molar-refractivity contribution < 1.29 is 0 Å². The highest BCUT2D eigenvalue weighted by molar-refractivity contribution is 7.10. The first-order chi connectivity index (χ1) is 6.25. The quantitative estimate of drug-likeness (QED) is 0.713. The van der Waals surface area contributed by atoms with Gasteiger partial charge in [-0.15, -0.1) is 34.5 Å². The number of fused-ring (bicyclic) bond motifs is 1. The average Bonchev–Trinajstić information content (AvgIpc) is 2.49. The molecule has 4 heteroatoms. The van der Waals surface area contributed by atoms with Gasteiger partial charge in [-0.1, -0.05) is 0 Å². The maximum absolute atomic E-state index is 5.74. The average molecular weight is 236 g/mol.